The van der Waals surface area contributed by atoms with E-state index in [9.17, 15) is 14.7 Å². The van der Waals surface area contributed by atoms with Crippen LogP contribution in [-0.2, 0) is 9.59 Å². The Morgan fingerprint density at radius 3 is 2.86 bits per heavy atom. The van der Waals surface area contributed by atoms with E-state index in [2.05, 4.69) is 20.6 Å². The molecular weight excluding hydrogens is 362 g/mol. The average Bonchev–Trinajstić information content (AvgIpc) is 3.34. The molecule has 1 aromatic carbocycles. The Balaban J connectivity index is 1.57. The molecule has 3 atom stereocenters. The minimum atomic E-state index is -0.957. The summed E-state index contributed by atoms with van der Waals surface area (Å²) in [6.45, 7) is 2.78. The van der Waals surface area contributed by atoms with Crippen molar-refractivity contribution >= 4 is 39.8 Å². The fraction of sp³-hybridized carbons (Fsp3) is 0.368. The number of anilines is 1. The SMILES string of the molecule is Cc1nc(N2CC(NC(=O)C3CN3)CC2C(=O)O)c2oc3ccccc3c2n1. The molecule has 0 radical (unpaired) electrons. The summed E-state index contributed by atoms with van der Waals surface area (Å²) in [6, 6.07) is 6.30. The van der Waals surface area contributed by atoms with Crippen LogP contribution >= 0.6 is 0 Å². The number of para-hydroxylation sites is 1. The van der Waals surface area contributed by atoms with Crippen LogP contribution in [0.2, 0.25) is 0 Å². The van der Waals surface area contributed by atoms with Gasteiger partial charge >= 0.3 is 5.97 Å². The summed E-state index contributed by atoms with van der Waals surface area (Å²) in [4.78, 5) is 34.7. The lowest BCUT2D eigenvalue weighted by atomic mass is 10.1. The number of benzene rings is 1. The molecule has 0 bridgehead atoms. The van der Waals surface area contributed by atoms with Crippen LogP contribution in [0.15, 0.2) is 28.7 Å². The molecule has 9 nitrogen and oxygen atoms in total. The van der Waals surface area contributed by atoms with Crippen molar-refractivity contribution in [2.75, 3.05) is 18.0 Å². The molecule has 28 heavy (non-hydrogen) atoms. The number of furan rings is 1. The zero-order valence-corrected chi connectivity index (χ0v) is 15.2. The van der Waals surface area contributed by atoms with Crippen LogP contribution in [0.1, 0.15) is 12.2 Å². The molecule has 5 rings (SSSR count). The van der Waals surface area contributed by atoms with Crippen LogP contribution in [-0.4, -0.2) is 58.2 Å². The fourth-order valence-corrected chi connectivity index (χ4v) is 3.83. The molecular formula is C19H19N5O4. The highest BCUT2D eigenvalue weighted by atomic mass is 16.4. The van der Waals surface area contributed by atoms with Crippen molar-refractivity contribution in [3.63, 3.8) is 0 Å². The van der Waals surface area contributed by atoms with Gasteiger partial charge in [0.25, 0.3) is 0 Å². The largest absolute Gasteiger partial charge is 0.480 e. The minimum absolute atomic E-state index is 0.0938. The summed E-state index contributed by atoms with van der Waals surface area (Å²) in [7, 11) is 0. The van der Waals surface area contributed by atoms with Crippen LogP contribution in [0.4, 0.5) is 5.82 Å². The van der Waals surface area contributed by atoms with Gasteiger partial charge in [-0.2, -0.15) is 0 Å². The zero-order chi connectivity index (χ0) is 19.4. The van der Waals surface area contributed by atoms with Crippen molar-refractivity contribution in [1.82, 2.24) is 20.6 Å². The quantitative estimate of drug-likeness (QED) is 0.566. The Morgan fingerprint density at radius 2 is 2.11 bits per heavy atom. The first kappa shape index (κ1) is 16.9. The van der Waals surface area contributed by atoms with E-state index in [1.807, 2.05) is 24.3 Å². The Morgan fingerprint density at radius 1 is 1.32 bits per heavy atom. The van der Waals surface area contributed by atoms with E-state index in [0.29, 0.717) is 47.8 Å². The highest BCUT2D eigenvalue weighted by Gasteiger charge is 2.41. The molecule has 2 aliphatic heterocycles. The van der Waals surface area contributed by atoms with Gasteiger partial charge in [0.15, 0.2) is 11.4 Å². The van der Waals surface area contributed by atoms with Crippen molar-refractivity contribution < 1.29 is 19.1 Å². The summed E-state index contributed by atoms with van der Waals surface area (Å²) in [5.41, 5.74) is 1.81. The normalized spacial score (nSPS) is 24.0. The van der Waals surface area contributed by atoms with Crippen molar-refractivity contribution in [2.45, 2.75) is 31.5 Å². The van der Waals surface area contributed by atoms with E-state index in [0.717, 1.165) is 5.39 Å². The molecule has 3 aromatic rings. The number of carboxylic acids is 1. The van der Waals surface area contributed by atoms with E-state index in [-0.39, 0.29) is 18.0 Å². The van der Waals surface area contributed by atoms with Gasteiger partial charge in [0, 0.05) is 30.9 Å². The first-order valence-electron chi connectivity index (χ1n) is 9.20. The topological polar surface area (TPSA) is 130 Å². The molecule has 2 aliphatic rings. The van der Waals surface area contributed by atoms with Crippen molar-refractivity contribution in [3.05, 3.63) is 30.1 Å². The average molecular weight is 381 g/mol. The predicted molar refractivity (Wildman–Crippen MR) is 101 cm³/mol. The molecule has 3 N–H and O–H groups in total. The maximum absolute atomic E-state index is 12.1. The van der Waals surface area contributed by atoms with E-state index < -0.39 is 12.0 Å². The molecule has 9 heteroatoms. The number of carboxylic acid groups (broad SMARTS) is 1. The lowest BCUT2D eigenvalue weighted by Crippen LogP contribution is -2.40. The van der Waals surface area contributed by atoms with Gasteiger partial charge in [-0.1, -0.05) is 12.1 Å². The third-order valence-corrected chi connectivity index (χ3v) is 5.24. The summed E-state index contributed by atoms with van der Waals surface area (Å²) in [5.74, 6) is -0.0641. The Hall–Kier alpha value is -3.20. The molecule has 1 amide bonds. The van der Waals surface area contributed by atoms with Crippen LogP contribution in [0.25, 0.3) is 22.1 Å². The van der Waals surface area contributed by atoms with Gasteiger partial charge in [0.2, 0.25) is 5.91 Å². The number of amides is 1. The van der Waals surface area contributed by atoms with Crippen molar-refractivity contribution in [3.8, 4) is 0 Å². The molecule has 144 valence electrons. The van der Waals surface area contributed by atoms with Crippen LogP contribution in [0.3, 0.4) is 0 Å². The number of carbonyl (C=O) groups is 2. The van der Waals surface area contributed by atoms with Gasteiger partial charge in [0.05, 0.1) is 6.04 Å². The summed E-state index contributed by atoms with van der Waals surface area (Å²) >= 11 is 0. The molecule has 0 saturated carbocycles. The molecule has 3 unspecified atom stereocenters. The van der Waals surface area contributed by atoms with Gasteiger partial charge in [0.1, 0.15) is 23.0 Å². The van der Waals surface area contributed by atoms with Gasteiger partial charge in [-0.25, -0.2) is 14.8 Å². The number of hydrogen-bond donors (Lipinski definition) is 3. The number of aromatic nitrogens is 2. The second-order valence-electron chi connectivity index (χ2n) is 7.28. The highest BCUT2D eigenvalue weighted by molar-refractivity contribution is 6.06. The fourth-order valence-electron chi connectivity index (χ4n) is 3.83. The summed E-state index contributed by atoms with van der Waals surface area (Å²) in [5, 5.41) is 16.5. The van der Waals surface area contributed by atoms with Gasteiger partial charge in [-0.05, 0) is 19.1 Å². The van der Waals surface area contributed by atoms with E-state index >= 15 is 0 Å². The number of carbonyl (C=O) groups excluding carboxylic acids is 1. The summed E-state index contributed by atoms with van der Waals surface area (Å²) < 4.78 is 5.99. The summed E-state index contributed by atoms with van der Waals surface area (Å²) in [6.07, 6.45) is 0.304. The molecule has 4 heterocycles. The Kier molecular flexibility index (Phi) is 3.73. The van der Waals surface area contributed by atoms with Gasteiger partial charge in [-0.3, -0.25) is 4.79 Å². The highest BCUT2D eigenvalue weighted by Crippen LogP contribution is 2.35. The smallest absolute Gasteiger partial charge is 0.326 e. The number of aryl methyl sites for hydroxylation is 1. The second kappa shape index (κ2) is 6.16. The number of aliphatic carboxylic acids is 1. The minimum Gasteiger partial charge on any atom is -0.480 e. The number of nitrogens with zero attached hydrogens (tertiary/aromatic N) is 3. The van der Waals surface area contributed by atoms with Crippen LogP contribution in [0.5, 0.6) is 0 Å². The lowest BCUT2D eigenvalue weighted by Gasteiger charge is -2.22. The van der Waals surface area contributed by atoms with Crippen molar-refractivity contribution in [2.24, 2.45) is 0 Å². The Labute approximate surface area is 159 Å². The number of hydrogen-bond acceptors (Lipinski definition) is 7. The number of fused-ring (bicyclic) bond motifs is 3. The Bertz CT molecular complexity index is 1110. The first-order chi connectivity index (χ1) is 13.5. The lowest BCUT2D eigenvalue weighted by molar-refractivity contribution is -0.138. The maximum Gasteiger partial charge on any atom is 0.326 e. The standard InChI is InChI=1S/C19H19N5O4/c1-9-21-15-11-4-2-3-5-14(11)28-16(15)17(22-9)24-8-10(6-13(24)19(26)27)23-18(25)12-7-20-12/h2-5,10,12-13,20H,6-8H2,1H3,(H,23,25)(H,26,27). The first-order valence-corrected chi connectivity index (χ1v) is 9.20. The monoisotopic (exact) mass is 381 g/mol. The van der Waals surface area contributed by atoms with E-state index in [4.69, 9.17) is 4.42 Å². The second-order valence-corrected chi connectivity index (χ2v) is 7.28. The third kappa shape index (κ3) is 2.75. The molecule has 2 fully saturated rings. The maximum atomic E-state index is 12.1. The molecule has 0 spiro atoms. The van der Waals surface area contributed by atoms with Crippen LogP contribution in [0, 0.1) is 6.92 Å². The van der Waals surface area contributed by atoms with E-state index in [1.165, 1.54) is 0 Å². The van der Waals surface area contributed by atoms with Gasteiger partial charge < -0.3 is 25.1 Å². The van der Waals surface area contributed by atoms with Gasteiger partial charge in [-0.15, -0.1) is 0 Å². The molecule has 2 saturated heterocycles. The number of rotatable bonds is 4. The zero-order valence-electron chi connectivity index (χ0n) is 15.2. The van der Waals surface area contributed by atoms with Crippen LogP contribution < -0.4 is 15.5 Å². The third-order valence-electron chi connectivity index (χ3n) is 5.24. The predicted octanol–water partition coefficient (Wildman–Crippen LogP) is 0.804. The molecule has 2 aromatic heterocycles. The molecule has 0 aliphatic carbocycles. The van der Waals surface area contributed by atoms with Crippen molar-refractivity contribution in [1.29, 1.82) is 0 Å². The number of nitrogens with one attached hydrogen (secondary N) is 2. The van der Waals surface area contributed by atoms with E-state index in [1.54, 1.807) is 11.8 Å².